The predicted molar refractivity (Wildman–Crippen MR) is 67.5 cm³/mol. The molecule has 1 fully saturated rings. The fourth-order valence-electron chi connectivity index (χ4n) is 1.69. The fourth-order valence-corrected chi connectivity index (χ4v) is 2.93. The Morgan fingerprint density at radius 2 is 1.82 bits per heavy atom. The molecule has 0 amide bonds. The van der Waals surface area contributed by atoms with Gasteiger partial charge in [0.25, 0.3) is 0 Å². The van der Waals surface area contributed by atoms with Gasteiger partial charge in [0, 0.05) is 19.1 Å². The minimum absolute atomic E-state index is 0.0322. The smallest absolute Gasteiger partial charge is 0.240 e. The standard InChI is InChI=1S/C12H18N2O2S/c1-9(2)10-3-5-12(6-4-10)17(15,16)14-11-7-13-8-11/h3-6,9,11,13-14H,7-8H2,1-2H3. The van der Waals surface area contributed by atoms with Gasteiger partial charge in [0.05, 0.1) is 4.90 Å². The van der Waals surface area contributed by atoms with Crippen LogP contribution in [0.1, 0.15) is 25.3 Å². The van der Waals surface area contributed by atoms with Crippen molar-refractivity contribution in [2.45, 2.75) is 30.7 Å². The van der Waals surface area contributed by atoms with E-state index >= 15 is 0 Å². The van der Waals surface area contributed by atoms with E-state index in [4.69, 9.17) is 0 Å². The Morgan fingerprint density at radius 1 is 1.24 bits per heavy atom. The highest BCUT2D eigenvalue weighted by molar-refractivity contribution is 7.89. The van der Waals surface area contributed by atoms with Gasteiger partial charge in [0.1, 0.15) is 0 Å². The van der Waals surface area contributed by atoms with Crippen molar-refractivity contribution >= 4 is 10.0 Å². The minimum atomic E-state index is -3.35. The lowest BCUT2D eigenvalue weighted by Gasteiger charge is -2.27. The van der Waals surface area contributed by atoms with Gasteiger partial charge in [-0.05, 0) is 23.6 Å². The van der Waals surface area contributed by atoms with Crippen LogP contribution in [0.15, 0.2) is 29.2 Å². The maximum absolute atomic E-state index is 12.0. The van der Waals surface area contributed by atoms with E-state index in [9.17, 15) is 8.42 Å². The van der Waals surface area contributed by atoms with Crippen molar-refractivity contribution in [2.24, 2.45) is 0 Å². The lowest BCUT2D eigenvalue weighted by atomic mass is 10.0. The van der Waals surface area contributed by atoms with Crippen LogP contribution in [0.3, 0.4) is 0 Å². The molecular weight excluding hydrogens is 236 g/mol. The number of hydrogen-bond donors (Lipinski definition) is 2. The highest BCUT2D eigenvalue weighted by atomic mass is 32.2. The average molecular weight is 254 g/mol. The summed E-state index contributed by atoms with van der Waals surface area (Å²) in [5.74, 6) is 0.413. The Balaban J connectivity index is 2.15. The molecule has 0 unspecified atom stereocenters. The molecule has 2 rings (SSSR count). The third-order valence-electron chi connectivity index (χ3n) is 2.96. The third-order valence-corrected chi connectivity index (χ3v) is 4.50. The van der Waals surface area contributed by atoms with E-state index in [0.29, 0.717) is 23.9 Å². The summed E-state index contributed by atoms with van der Waals surface area (Å²) in [6, 6.07) is 7.12. The molecule has 5 heteroatoms. The molecule has 2 N–H and O–H groups in total. The van der Waals surface area contributed by atoms with Crippen LogP contribution in [0.25, 0.3) is 0 Å². The number of nitrogens with one attached hydrogen (secondary N) is 2. The minimum Gasteiger partial charge on any atom is -0.313 e. The molecule has 1 aliphatic rings. The predicted octanol–water partition coefficient (Wildman–Crippen LogP) is 1.06. The lowest BCUT2D eigenvalue weighted by molar-refractivity contribution is 0.410. The van der Waals surface area contributed by atoms with Crippen molar-refractivity contribution in [3.63, 3.8) is 0 Å². The Morgan fingerprint density at radius 3 is 2.24 bits per heavy atom. The highest BCUT2D eigenvalue weighted by Gasteiger charge is 2.24. The molecule has 0 radical (unpaired) electrons. The summed E-state index contributed by atoms with van der Waals surface area (Å²) in [7, 11) is -3.35. The first-order valence-corrected chi connectivity index (χ1v) is 7.30. The summed E-state index contributed by atoms with van der Waals surface area (Å²) in [5.41, 5.74) is 1.15. The molecule has 0 spiro atoms. The summed E-state index contributed by atoms with van der Waals surface area (Å²) in [6.07, 6.45) is 0. The Kier molecular flexibility index (Phi) is 3.51. The molecule has 0 aliphatic carbocycles. The Bertz CT molecular complexity index is 476. The van der Waals surface area contributed by atoms with E-state index < -0.39 is 10.0 Å². The van der Waals surface area contributed by atoms with Gasteiger partial charge in [-0.3, -0.25) is 0 Å². The van der Waals surface area contributed by atoms with Gasteiger partial charge >= 0.3 is 0 Å². The second-order valence-electron chi connectivity index (χ2n) is 4.70. The van der Waals surface area contributed by atoms with Crippen LogP contribution >= 0.6 is 0 Å². The normalized spacial score (nSPS) is 17.1. The molecule has 0 bridgehead atoms. The number of sulfonamides is 1. The summed E-state index contributed by atoms with van der Waals surface area (Å²) in [4.78, 5) is 0.341. The molecule has 1 aliphatic heterocycles. The van der Waals surface area contributed by atoms with Crippen LogP contribution in [0.5, 0.6) is 0 Å². The molecular formula is C12H18N2O2S. The van der Waals surface area contributed by atoms with E-state index in [1.807, 2.05) is 12.1 Å². The molecule has 17 heavy (non-hydrogen) atoms. The van der Waals surface area contributed by atoms with Crippen LogP contribution in [0.4, 0.5) is 0 Å². The third kappa shape index (κ3) is 2.86. The van der Waals surface area contributed by atoms with Gasteiger partial charge in [-0.1, -0.05) is 26.0 Å². The van der Waals surface area contributed by atoms with Gasteiger partial charge in [-0.25, -0.2) is 13.1 Å². The van der Waals surface area contributed by atoms with Gasteiger partial charge in [-0.15, -0.1) is 0 Å². The fraction of sp³-hybridized carbons (Fsp3) is 0.500. The van der Waals surface area contributed by atoms with Gasteiger partial charge in [-0.2, -0.15) is 0 Å². The van der Waals surface area contributed by atoms with Crippen LogP contribution in [-0.4, -0.2) is 27.5 Å². The topological polar surface area (TPSA) is 58.2 Å². The van der Waals surface area contributed by atoms with Crippen molar-refractivity contribution in [3.8, 4) is 0 Å². The molecule has 1 saturated heterocycles. The zero-order chi connectivity index (χ0) is 12.5. The number of rotatable bonds is 4. The summed E-state index contributed by atoms with van der Waals surface area (Å²) in [5, 5.41) is 3.03. The second kappa shape index (κ2) is 4.76. The van der Waals surface area contributed by atoms with E-state index in [1.165, 1.54) is 0 Å². The maximum atomic E-state index is 12.0. The molecule has 0 aromatic heterocycles. The first-order chi connectivity index (χ1) is 7.99. The Hall–Kier alpha value is -0.910. The summed E-state index contributed by atoms with van der Waals surface area (Å²) >= 11 is 0. The second-order valence-corrected chi connectivity index (χ2v) is 6.41. The van der Waals surface area contributed by atoms with Crippen LogP contribution in [0.2, 0.25) is 0 Å². The van der Waals surface area contributed by atoms with E-state index in [0.717, 1.165) is 5.56 Å². The zero-order valence-electron chi connectivity index (χ0n) is 10.1. The molecule has 1 heterocycles. The van der Waals surface area contributed by atoms with Crippen molar-refractivity contribution in [2.75, 3.05) is 13.1 Å². The van der Waals surface area contributed by atoms with Crippen LogP contribution in [-0.2, 0) is 10.0 Å². The van der Waals surface area contributed by atoms with Crippen LogP contribution in [0, 0.1) is 0 Å². The van der Waals surface area contributed by atoms with Crippen molar-refractivity contribution in [3.05, 3.63) is 29.8 Å². The molecule has 0 saturated carbocycles. The summed E-state index contributed by atoms with van der Waals surface area (Å²) < 4.78 is 26.6. The Labute approximate surface area is 102 Å². The first-order valence-electron chi connectivity index (χ1n) is 5.82. The van der Waals surface area contributed by atoms with Crippen molar-refractivity contribution in [1.82, 2.24) is 10.0 Å². The van der Waals surface area contributed by atoms with E-state index in [2.05, 4.69) is 23.9 Å². The number of benzene rings is 1. The maximum Gasteiger partial charge on any atom is 0.240 e. The molecule has 4 nitrogen and oxygen atoms in total. The highest BCUT2D eigenvalue weighted by Crippen LogP contribution is 2.17. The van der Waals surface area contributed by atoms with Crippen molar-refractivity contribution in [1.29, 1.82) is 0 Å². The van der Waals surface area contributed by atoms with Gasteiger partial charge in [0.15, 0.2) is 0 Å². The van der Waals surface area contributed by atoms with E-state index in [-0.39, 0.29) is 6.04 Å². The SMILES string of the molecule is CC(C)c1ccc(S(=O)(=O)NC2CNC2)cc1. The monoisotopic (exact) mass is 254 g/mol. The van der Waals surface area contributed by atoms with Gasteiger partial charge in [0.2, 0.25) is 10.0 Å². The molecule has 0 atom stereocenters. The number of hydrogen-bond acceptors (Lipinski definition) is 3. The largest absolute Gasteiger partial charge is 0.313 e. The van der Waals surface area contributed by atoms with Crippen molar-refractivity contribution < 1.29 is 8.42 Å². The van der Waals surface area contributed by atoms with Crippen LogP contribution < -0.4 is 10.0 Å². The summed E-state index contributed by atoms with van der Waals surface area (Å²) in [6.45, 7) is 5.59. The van der Waals surface area contributed by atoms with E-state index in [1.54, 1.807) is 12.1 Å². The molecule has 1 aromatic carbocycles. The van der Waals surface area contributed by atoms with Gasteiger partial charge < -0.3 is 5.32 Å². The quantitative estimate of drug-likeness (QED) is 0.844. The molecule has 1 aromatic rings. The first kappa shape index (κ1) is 12.5. The lowest BCUT2D eigenvalue weighted by Crippen LogP contribution is -2.56. The average Bonchev–Trinajstić information content (AvgIpc) is 2.24. The zero-order valence-corrected chi connectivity index (χ0v) is 10.9. The molecule has 94 valence electrons.